The van der Waals surface area contributed by atoms with Crippen molar-refractivity contribution in [2.24, 2.45) is 0 Å². The molecule has 0 spiro atoms. The molecule has 0 aromatic heterocycles. The third-order valence-corrected chi connectivity index (χ3v) is 3.08. The van der Waals surface area contributed by atoms with Gasteiger partial charge in [-0.05, 0) is 35.9 Å². The number of nitro benzene ring substituents is 1. The Kier molecular flexibility index (Phi) is 5.27. The highest BCUT2D eigenvalue weighted by Gasteiger charge is 2.13. The SMILES string of the molecule is O=C(N/C=C/c1ccc(F)cc1)Nc1ccc(Cl)c([N+](=O)[O-])c1. The fraction of sp³-hybridized carbons (Fsp3) is 0. The zero-order chi connectivity index (χ0) is 16.8. The molecular weight excluding hydrogens is 325 g/mol. The van der Waals surface area contributed by atoms with Gasteiger partial charge in [-0.25, -0.2) is 9.18 Å². The standard InChI is InChI=1S/C15H11ClFN3O3/c16-13-6-5-12(9-14(13)20(22)23)19-15(21)18-8-7-10-1-3-11(17)4-2-10/h1-9H,(H2,18,19,21)/b8-7+. The minimum Gasteiger partial charge on any atom is -0.314 e. The van der Waals surface area contributed by atoms with E-state index in [1.165, 1.54) is 30.5 Å². The van der Waals surface area contributed by atoms with Gasteiger partial charge < -0.3 is 10.6 Å². The van der Waals surface area contributed by atoms with Crippen LogP contribution in [0.2, 0.25) is 5.02 Å². The lowest BCUT2D eigenvalue weighted by atomic mass is 10.2. The van der Waals surface area contributed by atoms with E-state index in [9.17, 15) is 19.3 Å². The number of carbonyl (C=O) groups is 1. The van der Waals surface area contributed by atoms with E-state index < -0.39 is 11.0 Å². The first-order valence-corrected chi connectivity index (χ1v) is 6.77. The van der Waals surface area contributed by atoms with E-state index in [1.807, 2.05) is 0 Å². The highest BCUT2D eigenvalue weighted by atomic mass is 35.5. The van der Waals surface area contributed by atoms with E-state index in [0.717, 1.165) is 6.07 Å². The number of rotatable bonds is 4. The van der Waals surface area contributed by atoms with Crippen LogP contribution in [0, 0.1) is 15.9 Å². The van der Waals surface area contributed by atoms with Crippen molar-refractivity contribution in [2.75, 3.05) is 5.32 Å². The van der Waals surface area contributed by atoms with Crippen LogP contribution in [0.5, 0.6) is 0 Å². The van der Waals surface area contributed by atoms with Gasteiger partial charge in [-0.3, -0.25) is 10.1 Å². The van der Waals surface area contributed by atoms with Crippen molar-refractivity contribution in [1.29, 1.82) is 0 Å². The second-order valence-corrected chi connectivity index (χ2v) is 4.81. The molecule has 0 fully saturated rings. The number of amides is 2. The first-order chi connectivity index (χ1) is 11.0. The topological polar surface area (TPSA) is 84.3 Å². The molecule has 118 valence electrons. The third-order valence-electron chi connectivity index (χ3n) is 2.76. The molecule has 2 aromatic rings. The summed E-state index contributed by atoms with van der Waals surface area (Å²) < 4.78 is 12.7. The molecule has 2 amide bonds. The summed E-state index contributed by atoms with van der Waals surface area (Å²) in [4.78, 5) is 21.8. The highest BCUT2D eigenvalue weighted by molar-refractivity contribution is 6.32. The predicted molar refractivity (Wildman–Crippen MR) is 85.7 cm³/mol. The molecule has 0 aliphatic rings. The van der Waals surface area contributed by atoms with Gasteiger partial charge in [0.1, 0.15) is 10.8 Å². The van der Waals surface area contributed by atoms with Gasteiger partial charge in [-0.15, -0.1) is 0 Å². The van der Waals surface area contributed by atoms with E-state index in [4.69, 9.17) is 11.6 Å². The van der Waals surface area contributed by atoms with Gasteiger partial charge in [0.05, 0.1) is 4.92 Å². The minimum atomic E-state index is -0.639. The number of hydrogen-bond donors (Lipinski definition) is 2. The molecule has 8 heteroatoms. The van der Waals surface area contributed by atoms with Crippen molar-refractivity contribution in [3.8, 4) is 0 Å². The average molecular weight is 336 g/mol. The fourth-order valence-corrected chi connectivity index (χ4v) is 1.87. The Bertz CT molecular complexity index is 763. The highest BCUT2D eigenvalue weighted by Crippen LogP contribution is 2.27. The largest absolute Gasteiger partial charge is 0.323 e. The van der Waals surface area contributed by atoms with Crippen LogP contribution in [-0.2, 0) is 0 Å². The molecule has 0 saturated heterocycles. The zero-order valence-corrected chi connectivity index (χ0v) is 12.4. The second-order valence-electron chi connectivity index (χ2n) is 4.41. The summed E-state index contributed by atoms with van der Waals surface area (Å²) >= 11 is 5.68. The molecule has 0 atom stereocenters. The normalized spacial score (nSPS) is 10.5. The van der Waals surface area contributed by atoms with Gasteiger partial charge in [0.2, 0.25) is 0 Å². The van der Waals surface area contributed by atoms with Crippen LogP contribution in [0.15, 0.2) is 48.7 Å². The van der Waals surface area contributed by atoms with Gasteiger partial charge in [0.25, 0.3) is 5.69 Å². The quantitative estimate of drug-likeness (QED) is 0.649. The van der Waals surface area contributed by atoms with Gasteiger partial charge in [0.15, 0.2) is 0 Å². The Morgan fingerprint density at radius 1 is 1.22 bits per heavy atom. The molecule has 2 N–H and O–H groups in total. The van der Waals surface area contributed by atoms with Crippen LogP contribution < -0.4 is 10.6 Å². The van der Waals surface area contributed by atoms with Gasteiger partial charge in [-0.2, -0.15) is 0 Å². The van der Waals surface area contributed by atoms with Crippen molar-refractivity contribution in [3.63, 3.8) is 0 Å². The van der Waals surface area contributed by atoms with E-state index in [0.29, 0.717) is 5.56 Å². The van der Waals surface area contributed by atoms with Gasteiger partial charge in [-0.1, -0.05) is 23.7 Å². The number of carbonyl (C=O) groups excluding carboxylic acids is 1. The van der Waals surface area contributed by atoms with Crippen molar-refractivity contribution < 1.29 is 14.1 Å². The summed E-state index contributed by atoms with van der Waals surface area (Å²) in [6.07, 6.45) is 2.94. The zero-order valence-electron chi connectivity index (χ0n) is 11.6. The lowest BCUT2D eigenvalue weighted by molar-refractivity contribution is -0.384. The Balaban J connectivity index is 1.96. The molecule has 2 aromatic carbocycles. The maximum absolute atomic E-state index is 12.7. The summed E-state index contributed by atoms with van der Waals surface area (Å²) in [6.45, 7) is 0. The summed E-state index contributed by atoms with van der Waals surface area (Å²) in [6, 6.07) is 9.04. The first kappa shape index (κ1) is 16.4. The number of halogens is 2. The van der Waals surface area contributed by atoms with Crippen molar-refractivity contribution >= 4 is 35.1 Å². The first-order valence-electron chi connectivity index (χ1n) is 6.39. The monoisotopic (exact) mass is 335 g/mol. The molecule has 2 rings (SSSR count). The molecule has 0 bridgehead atoms. The summed E-state index contributed by atoms with van der Waals surface area (Å²) in [5.74, 6) is -0.350. The smallest absolute Gasteiger partial charge is 0.314 e. The molecule has 0 aliphatic heterocycles. The van der Waals surface area contributed by atoms with E-state index in [1.54, 1.807) is 18.2 Å². The molecule has 0 unspecified atom stereocenters. The number of nitrogens with zero attached hydrogens (tertiary/aromatic N) is 1. The third kappa shape index (κ3) is 4.79. The number of benzene rings is 2. The van der Waals surface area contributed by atoms with Gasteiger partial charge in [0, 0.05) is 18.0 Å². The predicted octanol–water partition coefficient (Wildman–Crippen LogP) is 4.18. The minimum absolute atomic E-state index is 0.0165. The van der Waals surface area contributed by atoms with E-state index >= 15 is 0 Å². The van der Waals surface area contributed by atoms with Crippen molar-refractivity contribution in [2.45, 2.75) is 0 Å². The number of nitrogens with one attached hydrogen (secondary N) is 2. The number of anilines is 1. The summed E-state index contributed by atoms with van der Waals surface area (Å²) in [5.41, 5.74) is 0.633. The van der Waals surface area contributed by atoms with Crippen LogP contribution in [0.1, 0.15) is 5.56 Å². The van der Waals surface area contributed by atoms with E-state index in [2.05, 4.69) is 10.6 Å². The lowest BCUT2D eigenvalue weighted by Crippen LogP contribution is -2.23. The van der Waals surface area contributed by atoms with E-state index in [-0.39, 0.29) is 22.2 Å². The lowest BCUT2D eigenvalue weighted by Gasteiger charge is -2.05. The second kappa shape index (κ2) is 7.37. The fourth-order valence-electron chi connectivity index (χ4n) is 1.68. The Labute approximate surface area is 135 Å². The number of urea groups is 1. The molecular formula is C15H11ClFN3O3. The van der Waals surface area contributed by atoms with Gasteiger partial charge >= 0.3 is 6.03 Å². The van der Waals surface area contributed by atoms with Crippen LogP contribution in [-0.4, -0.2) is 11.0 Å². The van der Waals surface area contributed by atoms with Crippen LogP contribution in [0.25, 0.3) is 6.08 Å². The molecule has 0 radical (unpaired) electrons. The number of hydrogen-bond acceptors (Lipinski definition) is 3. The van der Waals surface area contributed by atoms with Crippen LogP contribution in [0.3, 0.4) is 0 Å². The summed E-state index contributed by atoms with van der Waals surface area (Å²) in [5, 5.41) is 15.6. The van der Waals surface area contributed by atoms with Crippen LogP contribution >= 0.6 is 11.6 Å². The van der Waals surface area contributed by atoms with Crippen LogP contribution in [0.4, 0.5) is 20.6 Å². The number of nitro groups is 1. The molecule has 0 heterocycles. The summed E-state index contributed by atoms with van der Waals surface area (Å²) in [7, 11) is 0. The maximum Gasteiger partial charge on any atom is 0.323 e. The molecule has 0 aliphatic carbocycles. The van der Waals surface area contributed by atoms with Crippen molar-refractivity contribution in [1.82, 2.24) is 5.32 Å². The molecule has 6 nitrogen and oxygen atoms in total. The Hall–Kier alpha value is -2.93. The molecule has 23 heavy (non-hydrogen) atoms. The Morgan fingerprint density at radius 3 is 2.57 bits per heavy atom. The average Bonchev–Trinajstić information content (AvgIpc) is 2.51. The maximum atomic E-state index is 12.7. The van der Waals surface area contributed by atoms with Crippen molar-refractivity contribution in [3.05, 3.63) is 75.2 Å². The Morgan fingerprint density at radius 2 is 1.91 bits per heavy atom. The molecule has 0 saturated carbocycles.